The lowest BCUT2D eigenvalue weighted by Gasteiger charge is -2.33. The Bertz CT molecular complexity index is 821. The van der Waals surface area contributed by atoms with Gasteiger partial charge in [-0.05, 0) is 23.3 Å². The molecule has 0 unspecified atom stereocenters. The lowest BCUT2D eigenvalue weighted by molar-refractivity contribution is -0.136. The third-order valence-corrected chi connectivity index (χ3v) is 4.29. The second kappa shape index (κ2) is 5.76. The van der Waals surface area contributed by atoms with E-state index in [2.05, 4.69) is 5.32 Å². The van der Waals surface area contributed by atoms with E-state index in [9.17, 15) is 9.59 Å². The van der Waals surface area contributed by atoms with Gasteiger partial charge in [0.15, 0.2) is 0 Å². The minimum atomic E-state index is -0.530. The molecular weight excluding hydrogens is 292 g/mol. The molecule has 23 heavy (non-hydrogen) atoms. The van der Waals surface area contributed by atoms with Gasteiger partial charge in [0.2, 0.25) is 0 Å². The van der Waals surface area contributed by atoms with E-state index in [-0.39, 0.29) is 6.03 Å². The first kappa shape index (κ1) is 15.1. The van der Waals surface area contributed by atoms with Crippen LogP contribution in [0.25, 0.3) is 10.8 Å². The van der Waals surface area contributed by atoms with E-state index in [4.69, 9.17) is 4.74 Å². The molecule has 5 heteroatoms. The minimum Gasteiger partial charge on any atom is -0.466 e. The number of hydrogen-bond donors (Lipinski definition) is 1. The van der Waals surface area contributed by atoms with E-state index >= 15 is 0 Å². The second-order valence-electron chi connectivity index (χ2n) is 5.50. The van der Waals surface area contributed by atoms with Crippen molar-refractivity contribution in [2.24, 2.45) is 0 Å². The molecule has 1 atom stereocenters. The maximum Gasteiger partial charge on any atom is 0.337 e. The Labute approximate surface area is 134 Å². The zero-order chi connectivity index (χ0) is 16.6. The van der Waals surface area contributed by atoms with Crippen molar-refractivity contribution in [3.8, 4) is 0 Å². The Balaban J connectivity index is 2.23. The highest BCUT2D eigenvalue weighted by molar-refractivity contribution is 5.97. The van der Waals surface area contributed by atoms with Gasteiger partial charge >= 0.3 is 12.0 Å². The molecule has 0 bridgehead atoms. The number of carbonyl (C=O) groups excluding carboxylic acids is 2. The van der Waals surface area contributed by atoms with Crippen LogP contribution in [0.3, 0.4) is 0 Å². The summed E-state index contributed by atoms with van der Waals surface area (Å²) in [5.41, 5.74) is 1.92. The van der Waals surface area contributed by atoms with Crippen molar-refractivity contribution in [3.63, 3.8) is 0 Å². The first-order chi connectivity index (χ1) is 11.0. The van der Waals surface area contributed by atoms with Crippen molar-refractivity contribution in [1.29, 1.82) is 0 Å². The largest absolute Gasteiger partial charge is 0.466 e. The van der Waals surface area contributed by atoms with Crippen LogP contribution in [0.2, 0.25) is 0 Å². The summed E-state index contributed by atoms with van der Waals surface area (Å²) >= 11 is 0. The predicted octanol–water partition coefficient (Wildman–Crippen LogP) is 2.98. The summed E-state index contributed by atoms with van der Waals surface area (Å²) in [4.78, 5) is 25.9. The van der Waals surface area contributed by atoms with Gasteiger partial charge in [-0.3, -0.25) is 0 Å². The van der Waals surface area contributed by atoms with Crippen molar-refractivity contribution >= 4 is 22.8 Å². The molecule has 3 rings (SSSR count). The van der Waals surface area contributed by atoms with Gasteiger partial charge in [-0.25, -0.2) is 9.59 Å². The average molecular weight is 310 g/mol. The summed E-state index contributed by atoms with van der Waals surface area (Å²) in [5.74, 6) is -0.438. The predicted molar refractivity (Wildman–Crippen MR) is 87.7 cm³/mol. The number of rotatable bonds is 2. The quantitative estimate of drug-likeness (QED) is 0.868. The molecule has 0 aromatic heterocycles. The summed E-state index contributed by atoms with van der Waals surface area (Å²) in [6, 6.07) is 13.0. The zero-order valence-corrected chi connectivity index (χ0v) is 13.3. The lowest BCUT2D eigenvalue weighted by atomic mass is 9.91. The fraction of sp³-hybridized carbons (Fsp3) is 0.222. The molecule has 2 aromatic carbocycles. The second-order valence-corrected chi connectivity index (χ2v) is 5.50. The third-order valence-electron chi connectivity index (χ3n) is 4.29. The average Bonchev–Trinajstić information content (AvgIpc) is 2.58. The summed E-state index contributed by atoms with van der Waals surface area (Å²) in [7, 11) is 2.98. The number of carbonyl (C=O) groups is 2. The number of allylic oxidation sites excluding steroid dienone is 1. The molecule has 0 saturated heterocycles. The number of esters is 1. The SMILES string of the molecule is COC(=O)C1=C(C)N(C)C(=O)N[C@H]1c1cccc2ccccc12. The van der Waals surface area contributed by atoms with Crippen LogP contribution in [0.5, 0.6) is 0 Å². The first-order valence-electron chi connectivity index (χ1n) is 7.35. The molecule has 1 N–H and O–H groups in total. The normalized spacial score (nSPS) is 18.1. The molecule has 5 nitrogen and oxygen atoms in total. The van der Waals surface area contributed by atoms with Crippen LogP contribution >= 0.6 is 0 Å². The number of fused-ring (bicyclic) bond motifs is 1. The van der Waals surface area contributed by atoms with E-state index in [0.29, 0.717) is 11.3 Å². The number of amides is 2. The molecule has 2 amide bonds. The summed E-state index contributed by atoms with van der Waals surface area (Å²) in [5, 5.41) is 4.95. The highest BCUT2D eigenvalue weighted by Crippen LogP contribution is 2.34. The molecule has 2 aromatic rings. The van der Waals surface area contributed by atoms with E-state index in [0.717, 1.165) is 16.3 Å². The van der Waals surface area contributed by atoms with Crippen LogP contribution in [0.4, 0.5) is 4.79 Å². The van der Waals surface area contributed by atoms with Crippen LogP contribution in [-0.4, -0.2) is 31.1 Å². The molecule has 1 aliphatic heterocycles. The van der Waals surface area contributed by atoms with Crippen LogP contribution in [0, 0.1) is 0 Å². The van der Waals surface area contributed by atoms with Gasteiger partial charge in [-0.1, -0.05) is 42.5 Å². The van der Waals surface area contributed by atoms with Crippen LogP contribution in [0.15, 0.2) is 53.7 Å². The molecule has 1 heterocycles. The molecule has 118 valence electrons. The molecule has 1 aliphatic rings. The molecule has 0 radical (unpaired) electrons. The number of methoxy groups -OCH3 is 1. The van der Waals surface area contributed by atoms with Gasteiger partial charge in [0.25, 0.3) is 0 Å². The Morgan fingerprint density at radius 2 is 1.87 bits per heavy atom. The lowest BCUT2D eigenvalue weighted by Crippen LogP contribution is -2.46. The molecule has 0 aliphatic carbocycles. The van der Waals surface area contributed by atoms with E-state index < -0.39 is 12.0 Å². The van der Waals surface area contributed by atoms with Gasteiger partial charge in [-0.2, -0.15) is 0 Å². The highest BCUT2D eigenvalue weighted by Gasteiger charge is 2.35. The topological polar surface area (TPSA) is 58.6 Å². The van der Waals surface area contributed by atoms with Crippen LogP contribution in [0.1, 0.15) is 18.5 Å². The summed E-state index contributed by atoms with van der Waals surface area (Å²) in [6.07, 6.45) is 0. The van der Waals surface area contributed by atoms with Gasteiger partial charge in [0.05, 0.1) is 18.7 Å². The fourth-order valence-electron chi connectivity index (χ4n) is 2.95. The standard InChI is InChI=1S/C18H18N2O3/c1-11-15(17(21)23-3)16(19-18(22)20(11)2)14-10-6-8-12-7-4-5-9-13(12)14/h4-10,16H,1-3H3,(H,19,22)/t16-/m0/s1. The van der Waals surface area contributed by atoms with E-state index in [1.165, 1.54) is 12.0 Å². The monoisotopic (exact) mass is 310 g/mol. The van der Waals surface area contributed by atoms with E-state index in [1.54, 1.807) is 14.0 Å². The van der Waals surface area contributed by atoms with Crippen molar-refractivity contribution in [2.75, 3.05) is 14.2 Å². The maximum atomic E-state index is 12.3. The minimum absolute atomic E-state index is 0.243. The Morgan fingerprint density at radius 3 is 2.61 bits per heavy atom. The van der Waals surface area contributed by atoms with Gasteiger partial charge in [0, 0.05) is 12.7 Å². The molecule has 0 saturated carbocycles. The van der Waals surface area contributed by atoms with E-state index in [1.807, 2.05) is 42.5 Å². The number of benzene rings is 2. The van der Waals surface area contributed by atoms with Gasteiger partial charge in [-0.15, -0.1) is 0 Å². The van der Waals surface area contributed by atoms with Crippen molar-refractivity contribution in [3.05, 3.63) is 59.3 Å². The van der Waals surface area contributed by atoms with Crippen LogP contribution < -0.4 is 5.32 Å². The smallest absolute Gasteiger partial charge is 0.337 e. The highest BCUT2D eigenvalue weighted by atomic mass is 16.5. The Kier molecular flexibility index (Phi) is 3.78. The Morgan fingerprint density at radius 1 is 1.17 bits per heavy atom. The van der Waals surface area contributed by atoms with Gasteiger partial charge < -0.3 is 15.0 Å². The van der Waals surface area contributed by atoms with Gasteiger partial charge in [0.1, 0.15) is 0 Å². The number of ether oxygens (including phenoxy) is 1. The van der Waals surface area contributed by atoms with Crippen LogP contribution in [-0.2, 0) is 9.53 Å². The number of nitrogens with one attached hydrogen (secondary N) is 1. The fourth-order valence-corrected chi connectivity index (χ4v) is 2.95. The van der Waals surface area contributed by atoms with Crippen molar-refractivity contribution in [1.82, 2.24) is 10.2 Å². The van der Waals surface area contributed by atoms with Crippen molar-refractivity contribution in [2.45, 2.75) is 13.0 Å². The first-order valence-corrected chi connectivity index (χ1v) is 7.35. The zero-order valence-electron chi connectivity index (χ0n) is 13.3. The summed E-state index contributed by atoms with van der Waals surface area (Å²) < 4.78 is 4.93. The number of hydrogen-bond acceptors (Lipinski definition) is 3. The third kappa shape index (κ3) is 2.44. The molecule has 0 spiro atoms. The Hall–Kier alpha value is -2.82. The molecule has 0 fully saturated rings. The van der Waals surface area contributed by atoms with Crippen molar-refractivity contribution < 1.29 is 14.3 Å². The maximum absolute atomic E-state index is 12.3. The number of urea groups is 1. The molecular formula is C18H18N2O3. The summed E-state index contributed by atoms with van der Waals surface area (Å²) in [6.45, 7) is 1.75. The number of nitrogens with zero attached hydrogens (tertiary/aromatic N) is 1.